The van der Waals surface area contributed by atoms with Crippen LogP contribution in [0.4, 0.5) is 0 Å². The molecular weight excluding hydrogens is 886 g/mol. The highest BCUT2D eigenvalue weighted by molar-refractivity contribution is 7.02. The Balaban J connectivity index is 0.991. The summed E-state index contributed by atoms with van der Waals surface area (Å²) in [5, 5.41) is 28.7. The number of hydrogen-bond donors (Lipinski definition) is 0. The highest BCUT2D eigenvalue weighted by Gasteiger charge is 2.39. The fourth-order valence-corrected chi connectivity index (χ4v) is 14.6. The van der Waals surface area contributed by atoms with Crippen molar-refractivity contribution in [1.29, 1.82) is 0 Å². The van der Waals surface area contributed by atoms with Gasteiger partial charge in [0.1, 0.15) is 0 Å². The molecule has 334 valence electrons. The van der Waals surface area contributed by atoms with Gasteiger partial charge in [0.2, 0.25) is 13.4 Å². The van der Waals surface area contributed by atoms with E-state index in [9.17, 15) is 0 Å². The first-order chi connectivity index (χ1) is 36.7. The van der Waals surface area contributed by atoms with Crippen LogP contribution in [-0.4, -0.2) is 13.4 Å². The average molecular weight is 927 g/mol. The van der Waals surface area contributed by atoms with Gasteiger partial charge in [-0.15, -0.1) is 0 Å². The molecule has 0 saturated carbocycles. The second-order valence-corrected chi connectivity index (χ2v) is 21.4. The summed E-state index contributed by atoms with van der Waals surface area (Å²) in [6.45, 7) is -0.0399. The lowest BCUT2D eigenvalue weighted by Crippen LogP contribution is -2.56. The minimum absolute atomic E-state index is 0.0200. The van der Waals surface area contributed by atoms with E-state index in [0.717, 1.165) is 0 Å². The molecule has 2 heteroatoms. The third kappa shape index (κ3) is 5.19. The molecular formula is C72H40B2. The number of fused-ring (bicyclic) bond motifs is 14. The summed E-state index contributed by atoms with van der Waals surface area (Å²) in [5.74, 6) is 0. The SMILES string of the molecule is c1ccc2cc3c(B4c5c(ccc6cc7ccccc7cc56)-c5ccc6cc7c8c(ccc9cc4c5c6c98)-c4ccc5cc6ccccc6cc5c4B7c4cccc5cc6ccccc6cc45)cccc3cc2c1. The monoisotopic (exact) mass is 926 g/mol. The Bertz CT molecular complexity index is 4890. The van der Waals surface area contributed by atoms with Crippen molar-refractivity contribution in [3.8, 4) is 22.3 Å². The number of hydrogen-bond acceptors (Lipinski definition) is 0. The van der Waals surface area contributed by atoms with Crippen LogP contribution in [0.25, 0.3) is 141 Å². The molecule has 18 rings (SSSR count). The molecule has 0 bridgehead atoms. The number of rotatable bonds is 2. The van der Waals surface area contributed by atoms with Crippen molar-refractivity contribution in [2.75, 3.05) is 0 Å². The summed E-state index contributed by atoms with van der Waals surface area (Å²) in [4.78, 5) is 0. The molecule has 0 saturated heterocycles. The van der Waals surface area contributed by atoms with Crippen molar-refractivity contribution in [2.45, 2.75) is 0 Å². The lowest BCUT2D eigenvalue weighted by Gasteiger charge is -2.34. The lowest BCUT2D eigenvalue weighted by molar-refractivity contribution is 1.70. The quantitative estimate of drug-likeness (QED) is 0.0921. The summed E-state index contributed by atoms with van der Waals surface area (Å²) in [5.41, 5.74) is 13.6. The van der Waals surface area contributed by atoms with Crippen LogP contribution in [-0.2, 0) is 0 Å². The summed E-state index contributed by atoms with van der Waals surface area (Å²) >= 11 is 0. The molecule has 74 heavy (non-hydrogen) atoms. The molecule has 0 N–H and O–H groups in total. The van der Waals surface area contributed by atoms with Gasteiger partial charge in [0.05, 0.1) is 0 Å². The van der Waals surface area contributed by atoms with E-state index in [1.54, 1.807) is 0 Å². The first-order valence-electron chi connectivity index (χ1n) is 26.2. The summed E-state index contributed by atoms with van der Waals surface area (Å²) in [6, 6.07) is 93.7. The van der Waals surface area contributed by atoms with Crippen molar-refractivity contribution < 1.29 is 0 Å². The van der Waals surface area contributed by atoms with E-state index in [2.05, 4.69) is 243 Å². The molecule has 0 aromatic heterocycles. The van der Waals surface area contributed by atoms with E-state index in [4.69, 9.17) is 0 Å². The highest BCUT2D eigenvalue weighted by Crippen LogP contribution is 2.45. The van der Waals surface area contributed by atoms with E-state index in [1.165, 1.54) is 174 Å². The van der Waals surface area contributed by atoms with Gasteiger partial charge in [-0.05, 0) is 189 Å². The molecule has 0 atom stereocenters. The van der Waals surface area contributed by atoms with Gasteiger partial charge in [-0.1, -0.05) is 227 Å². The van der Waals surface area contributed by atoms with E-state index in [-0.39, 0.29) is 13.4 Å². The Labute approximate surface area is 427 Å². The molecule has 0 nitrogen and oxygen atoms in total. The molecule has 16 aromatic carbocycles. The van der Waals surface area contributed by atoms with Gasteiger partial charge in [0.25, 0.3) is 0 Å². The van der Waals surface area contributed by atoms with Gasteiger partial charge in [-0.25, -0.2) is 0 Å². The minimum Gasteiger partial charge on any atom is -0.0663 e. The van der Waals surface area contributed by atoms with Crippen LogP contribution in [0.15, 0.2) is 243 Å². The predicted molar refractivity (Wildman–Crippen MR) is 323 cm³/mol. The van der Waals surface area contributed by atoms with Crippen molar-refractivity contribution >= 4 is 165 Å². The maximum Gasteiger partial charge on any atom is 0.244 e. The van der Waals surface area contributed by atoms with Crippen LogP contribution in [0.1, 0.15) is 0 Å². The summed E-state index contributed by atoms with van der Waals surface area (Å²) in [7, 11) is 0. The molecule has 2 heterocycles. The first kappa shape index (κ1) is 39.4. The van der Waals surface area contributed by atoms with Crippen LogP contribution < -0.4 is 32.8 Å². The van der Waals surface area contributed by atoms with E-state index < -0.39 is 0 Å². The molecule has 0 fully saturated rings. The molecule has 0 radical (unpaired) electrons. The molecule has 0 unspecified atom stereocenters. The molecule has 0 aliphatic carbocycles. The van der Waals surface area contributed by atoms with Gasteiger partial charge >= 0.3 is 0 Å². The third-order valence-corrected chi connectivity index (χ3v) is 17.7. The zero-order valence-electron chi connectivity index (χ0n) is 40.2. The standard InChI is InChI=1S/C72H40B2/c1-5-15-45-35-59-49(31-41(45)11-1)19-9-21-63(59)73-65-39-53-25-28-56-58-30-24-52-34-44-14-4-8-18-48(44)38-62(52)72(58)74(64-22-10-20-50-32-42-12-2-6-16-46(42)36-60(50)64)66-40-54-26-27-55(69(65)67(54)68(53)70(56)66)57-29-23-51-33-43-13-3-7-17-47(43)37-61(51)71(57)73/h1-40H. The summed E-state index contributed by atoms with van der Waals surface area (Å²) in [6.07, 6.45) is 0. The van der Waals surface area contributed by atoms with Gasteiger partial charge < -0.3 is 0 Å². The van der Waals surface area contributed by atoms with Crippen molar-refractivity contribution in [3.63, 3.8) is 0 Å². The molecule has 2 aliphatic rings. The second kappa shape index (κ2) is 14.3. The molecule has 16 aromatic rings. The molecule has 0 spiro atoms. The Morgan fingerprint density at radius 3 is 0.851 bits per heavy atom. The lowest BCUT2D eigenvalue weighted by atomic mass is 9.32. The Morgan fingerprint density at radius 1 is 0.176 bits per heavy atom. The van der Waals surface area contributed by atoms with E-state index in [1.807, 2.05) is 0 Å². The zero-order chi connectivity index (χ0) is 47.9. The smallest absolute Gasteiger partial charge is 0.0663 e. The van der Waals surface area contributed by atoms with Crippen molar-refractivity contribution in [1.82, 2.24) is 0 Å². The largest absolute Gasteiger partial charge is 0.244 e. The van der Waals surface area contributed by atoms with Crippen LogP contribution in [0, 0.1) is 0 Å². The van der Waals surface area contributed by atoms with E-state index in [0.29, 0.717) is 0 Å². The van der Waals surface area contributed by atoms with Gasteiger partial charge in [0.15, 0.2) is 0 Å². The van der Waals surface area contributed by atoms with Gasteiger partial charge in [-0.2, -0.15) is 0 Å². The topological polar surface area (TPSA) is 0 Å². The fourth-order valence-electron chi connectivity index (χ4n) is 14.6. The molecule has 0 amide bonds. The van der Waals surface area contributed by atoms with Gasteiger partial charge in [-0.3, -0.25) is 0 Å². The maximum absolute atomic E-state index is 2.61. The number of benzene rings is 16. The fraction of sp³-hybridized carbons (Fsp3) is 0. The zero-order valence-corrected chi connectivity index (χ0v) is 40.2. The van der Waals surface area contributed by atoms with E-state index >= 15 is 0 Å². The maximum atomic E-state index is 2.61. The highest BCUT2D eigenvalue weighted by atomic mass is 14.3. The van der Waals surface area contributed by atoms with Crippen molar-refractivity contribution in [2.24, 2.45) is 0 Å². The van der Waals surface area contributed by atoms with Crippen LogP contribution >= 0.6 is 0 Å². The van der Waals surface area contributed by atoms with Crippen LogP contribution in [0.2, 0.25) is 0 Å². The van der Waals surface area contributed by atoms with Crippen LogP contribution in [0.3, 0.4) is 0 Å². The minimum atomic E-state index is -0.0200. The third-order valence-electron chi connectivity index (χ3n) is 17.7. The first-order valence-corrected chi connectivity index (χ1v) is 26.2. The Morgan fingerprint density at radius 2 is 0.473 bits per heavy atom. The molecule has 2 aliphatic heterocycles. The second-order valence-electron chi connectivity index (χ2n) is 21.4. The van der Waals surface area contributed by atoms with Crippen molar-refractivity contribution in [3.05, 3.63) is 243 Å². The normalized spacial score (nSPS) is 13.1. The Kier molecular flexibility index (Phi) is 7.59. The Hall–Kier alpha value is -9.23. The summed E-state index contributed by atoms with van der Waals surface area (Å²) < 4.78 is 0. The average Bonchev–Trinajstić information content (AvgIpc) is 3.48. The predicted octanol–water partition coefficient (Wildman–Crippen LogP) is 14.8. The van der Waals surface area contributed by atoms with Crippen LogP contribution in [0.5, 0.6) is 0 Å². The van der Waals surface area contributed by atoms with Gasteiger partial charge in [0, 0.05) is 0 Å².